The number of para-hydroxylation sites is 1. The molecule has 1 aliphatic rings. The van der Waals surface area contributed by atoms with E-state index in [0.717, 1.165) is 11.1 Å². The third kappa shape index (κ3) is 4.82. The minimum absolute atomic E-state index is 0.113. The van der Waals surface area contributed by atoms with Gasteiger partial charge in [0.15, 0.2) is 12.4 Å². The molecule has 1 heterocycles. The van der Waals surface area contributed by atoms with Gasteiger partial charge in [0.2, 0.25) is 5.91 Å². The number of fused-ring (bicyclic) bond motifs is 1. The Bertz CT molecular complexity index is 899. The van der Waals surface area contributed by atoms with E-state index in [1.54, 1.807) is 30.3 Å². The summed E-state index contributed by atoms with van der Waals surface area (Å²) in [7, 11) is 0. The second-order valence-corrected chi connectivity index (χ2v) is 6.10. The van der Waals surface area contributed by atoms with E-state index in [2.05, 4.69) is 5.32 Å². The Labute approximate surface area is 156 Å². The lowest BCUT2D eigenvalue weighted by atomic mass is 10.1. The summed E-state index contributed by atoms with van der Waals surface area (Å²) in [5, 5.41) is 2.68. The van der Waals surface area contributed by atoms with Crippen LogP contribution in [0.5, 0.6) is 5.75 Å². The van der Waals surface area contributed by atoms with Crippen LogP contribution in [0.1, 0.15) is 28.4 Å². The zero-order valence-electron chi connectivity index (χ0n) is 14.9. The molecule has 0 bridgehead atoms. The molecule has 1 aliphatic heterocycles. The molecule has 0 saturated heterocycles. The number of Topliss-reactive ketones (excluding diaryl/α,β-unsaturated/α-hetero) is 1. The number of carbonyl (C=O) groups excluding carboxylic acids is 3. The van der Waals surface area contributed by atoms with Crippen molar-refractivity contribution >= 4 is 23.7 Å². The monoisotopic (exact) mass is 365 g/mol. The maximum Gasteiger partial charge on any atom is 0.337 e. The highest BCUT2D eigenvalue weighted by Crippen LogP contribution is 2.26. The predicted octanol–water partition coefficient (Wildman–Crippen LogP) is 2.52. The fourth-order valence-corrected chi connectivity index (χ4v) is 2.58. The Balaban J connectivity index is 1.55. The summed E-state index contributed by atoms with van der Waals surface area (Å²) in [5.41, 5.74) is 2.49. The Morgan fingerprint density at radius 2 is 1.81 bits per heavy atom. The first kappa shape index (κ1) is 18.4. The van der Waals surface area contributed by atoms with Gasteiger partial charge in [-0.15, -0.1) is 0 Å². The van der Waals surface area contributed by atoms with E-state index in [4.69, 9.17) is 9.47 Å². The first-order valence-electron chi connectivity index (χ1n) is 8.49. The smallest absolute Gasteiger partial charge is 0.337 e. The third-order valence-electron chi connectivity index (χ3n) is 4.05. The fourth-order valence-electron chi connectivity index (χ4n) is 2.58. The fraction of sp³-hybridized carbons (Fsp3) is 0.190. The van der Waals surface area contributed by atoms with Crippen LogP contribution in [0, 0.1) is 0 Å². The molecule has 138 valence electrons. The highest BCUT2D eigenvalue weighted by Gasteiger charge is 2.19. The number of ketones is 1. The molecule has 3 rings (SSSR count). The van der Waals surface area contributed by atoms with Crippen LogP contribution in [0.25, 0.3) is 6.08 Å². The number of hydrogen-bond donors (Lipinski definition) is 1. The van der Waals surface area contributed by atoms with Gasteiger partial charge in [-0.05, 0) is 17.7 Å². The van der Waals surface area contributed by atoms with Gasteiger partial charge in [0.05, 0.1) is 5.57 Å². The molecule has 27 heavy (non-hydrogen) atoms. The SMILES string of the molecule is CC(=O)NCc1ccc(C(=O)COC(=O)C2=Cc3ccccc3OC2)cc1. The van der Waals surface area contributed by atoms with Crippen LogP contribution >= 0.6 is 0 Å². The lowest BCUT2D eigenvalue weighted by Gasteiger charge is -2.16. The van der Waals surface area contributed by atoms with E-state index < -0.39 is 5.97 Å². The summed E-state index contributed by atoms with van der Waals surface area (Å²) in [4.78, 5) is 35.3. The average Bonchev–Trinajstić information content (AvgIpc) is 2.70. The van der Waals surface area contributed by atoms with E-state index in [1.807, 2.05) is 24.3 Å². The highest BCUT2D eigenvalue weighted by molar-refractivity contribution is 6.00. The van der Waals surface area contributed by atoms with Crippen LogP contribution in [0.15, 0.2) is 54.1 Å². The first-order valence-corrected chi connectivity index (χ1v) is 8.49. The molecule has 0 radical (unpaired) electrons. The summed E-state index contributed by atoms with van der Waals surface area (Å²) in [6.07, 6.45) is 1.71. The number of nitrogens with one attached hydrogen (secondary N) is 1. The van der Waals surface area contributed by atoms with Crippen LogP contribution in [0.3, 0.4) is 0 Å². The van der Waals surface area contributed by atoms with Gasteiger partial charge in [-0.2, -0.15) is 0 Å². The predicted molar refractivity (Wildman–Crippen MR) is 99.2 cm³/mol. The van der Waals surface area contributed by atoms with Crippen molar-refractivity contribution in [2.24, 2.45) is 0 Å². The van der Waals surface area contributed by atoms with Gasteiger partial charge < -0.3 is 14.8 Å². The summed E-state index contributed by atoms with van der Waals surface area (Å²) in [6, 6.07) is 14.2. The third-order valence-corrected chi connectivity index (χ3v) is 4.05. The van der Waals surface area contributed by atoms with Crippen LogP contribution in [0.4, 0.5) is 0 Å². The molecule has 0 atom stereocenters. The van der Waals surface area contributed by atoms with E-state index in [-0.39, 0.29) is 24.9 Å². The van der Waals surface area contributed by atoms with Crippen molar-refractivity contribution in [3.63, 3.8) is 0 Å². The molecular formula is C21H19NO5. The molecule has 0 fully saturated rings. The molecule has 2 aromatic carbocycles. The number of amides is 1. The number of esters is 1. The van der Waals surface area contributed by atoms with Crippen molar-refractivity contribution in [3.8, 4) is 5.75 Å². The Hall–Kier alpha value is -3.41. The number of benzene rings is 2. The quantitative estimate of drug-likeness (QED) is 0.628. The van der Waals surface area contributed by atoms with E-state index >= 15 is 0 Å². The molecule has 0 unspecified atom stereocenters. The molecule has 0 aliphatic carbocycles. The molecule has 0 spiro atoms. The van der Waals surface area contributed by atoms with Crippen molar-refractivity contribution in [3.05, 3.63) is 70.8 Å². The van der Waals surface area contributed by atoms with Crippen molar-refractivity contribution in [2.45, 2.75) is 13.5 Å². The van der Waals surface area contributed by atoms with Gasteiger partial charge >= 0.3 is 5.97 Å². The second-order valence-electron chi connectivity index (χ2n) is 6.10. The van der Waals surface area contributed by atoms with Crippen LogP contribution < -0.4 is 10.1 Å². The van der Waals surface area contributed by atoms with E-state index in [0.29, 0.717) is 23.4 Å². The van der Waals surface area contributed by atoms with Gasteiger partial charge in [-0.25, -0.2) is 4.79 Å². The summed E-state index contributed by atoms with van der Waals surface area (Å²) >= 11 is 0. The molecule has 6 heteroatoms. The second kappa shape index (κ2) is 8.31. The molecule has 0 aromatic heterocycles. The molecular weight excluding hydrogens is 346 g/mol. The number of ether oxygens (including phenoxy) is 2. The Morgan fingerprint density at radius 1 is 1.07 bits per heavy atom. The lowest BCUT2D eigenvalue weighted by molar-refractivity contribution is -0.138. The summed E-state index contributed by atoms with van der Waals surface area (Å²) in [5.74, 6) is -0.276. The molecule has 0 saturated carbocycles. The Kier molecular flexibility index (Phi) is 5.66. The lowest BCUT2D eigenvalue weighted by Crippen LogP contribution is -2.20. The number of hydrogen-bond acceptors (Lipinski definition) is 5. The van der Waals surface area contributed by atoms with E-state index in [1.165, 1.54) is 6.92 Å². The zero-order chi connectivity index (χ0) is 19.2. The highest BCUT2D eigenvalue weighted by atomic mass is 16.5. The van der Waals surface area contributed by atoms with Crippen molar-refractivity contribution in [1.82, 2.24) is 5.32 Å². The van der Waals surface area contributed by atoms with Crippen LogP contribution in [-0.2, 0) is 20.9 Å². The molecule has 6 nitrogen and oxygen atoms in total. The molecule has 1 N–H and O–H groups in total. The summed E-state index contributed by atoms with van der Waals surface area (Å²) in [6.45, 7) is 1.61. The van der Waals surface area contributed by atoms with Gasteiger partial charge in [-0.1, -0.05) is 42.5 Å². The van der Waals surface area contributed by atoms with Crippen LogP contribution in [0.2, 0.25) is 0 Å². The minimum atomic E-state index is -0.569. The van der Waals surface area contributed by atoms with Crippen molar-refractivity contribution in [2.75, 3.05) is 13.2 Å². The first-order chi connectivity index (χ1) is 13.0. The van der Waals surface area contributed by atoms with Gasteiger partial charge in [-0.3, -0.25) is 9.59 Å². The minimum Gasteiger partial charge on any atom is -0.488 e. The number of rotatable bonds is 6. The normalized spacial score (nSPS) is 12.3. The van der Waals surface area contributed by atoms with Gasteiger partial charge in [0, 0.05) is 24.6 Å². The van der Waals surface area contributed by atoms with Crippen LogP contribution in [-0.4, -0.2) is 30.9 Å². The molecule has 2 aromatic rings. The Morgan fingerprint density at radius 3 is 2.56 bits per heavy atom. The topological polar surface area (TPSA) is 81.7 Å². The average molecular weight is 365 g/mol. The largest absolute Gasteiger partial charge is 0.488 e. The van der Waals surface area contributed by atoms with Crippen molar-refractivity contribution < 1.29 is 23.9 Å². The standard InChI is InChI=1S/C21H19NO5/c1-14(23)22-11-15-6-8-16(9-7-15)19(24)13-27-21(25)18-10-17-4-2-3-5-20(17)26-12-18/h2-10H,11-13H2,1H3,(H,22,23). The number of carbonyl (C=O) groups is 3. The summed E-state index contributed by atoms with van der Waals surface area (Å²) < 4.78 is 10.6. The van der Waals surface area contributed by atoms with E-state index in [9.17, 15) is 14.4 Å². The van der Waals surface area contributed by atoms with Crippen molar-refractivity contribution in [1.29, 1.82) is 0 Å². The van der Waals surface area contributed by atoms with Gasteiger partial charge in [0.25, 0.3) is 0 Å². The maximum atomic E-state index is 12.2. The maximum absolute atomic E-state index is 12.2. The van der Waals surface area contributed by atoms with Gasteiger partial charge in [0.1, 0.15) is 12.4 Å². The molecule has 1 amide bonds. The zero-order valence-corrected chi connectivity index (χ0v) is 14.9.